The van der Waals surface area contributed by atoms with Crippen molar-refractivity contribution in [1.29, 1.82) is 0 Å². The van der Waals surface area contributed by atoms with Crippen LogP contribution in [-0.2, 0) is 22.1 Å². The van der Waals surface area contributed by atoms with Crippen LogP contribution < -0.4 is 10.1 Å². The van der Waals surface area contributed by atoms with E-state index in [0.717, 1.165) is 11.8 Å². The fraction of sp³-hybridized carbons (Fsp3) is 0.250. The van der Waals surface area contributed by atoms with E-state index in [-0.39, 0.29) is 11.7 Å². The fourth-order valence-corrected chi connectivity index (χ4v) is 2.81. The molecule has 0 unspecified atom stereocenters. The van der Waals surface area contributed by atoms with Crippen molar-refractivity contribution < 1.29 is 17.9 Å². The number of benzene rings is 1. The molecule has 7 heteroatoms. The number of nitrogens with one attached hydrogen (secondary N) is 1. The first-order valence-electron chi connectivity index (χ1n) is 6.91. The quantitative estimate of drug-likeness (QED) is 0.866. The molecule has 23 heavy (non-hydrogen) atoms. The first-order chi connectivity index (χ1) is 10.9. The number of sulfone groups is 1. The van der Waals surface area contributed by atoms with E-state index in [4.69, 9.17) is 4.74 Å². The van der Waals surface area contributed by atoms with Crippen molar-refractivity contribution in [2.45, 2.75) is 12.3 Å². The van der Waals surface area contributed by atoms with Gasteiger partial charge in [-0.3, -0.25) is 4.79 Å². The average molecular weight is 334 g/mol. The Kier molecular flexibility index (Phi) is 5.33. The summed E-state index contributed by atoms with van der Waals surface area (Å²) < 4.78 is 27.6. The van der Waals surface area contributed by atoms with E-state index in [1.807, 2.05) is 6.07 Å². The Morgan fingerprint density at radius 3 is 2.61 bits per heavy atom. The fourth-order valence-electron chi connectivity index (χ4n) is 2.03. The Bertz CT molecular complexity index is 786. The van der Waals surface area contributed by atoms with Crippen LogP contribution in [0.1, 0.15) is 21.5 Å². The van der Waals surface area contributed by atoms with Gasteiger partial charge < -0.3 is 10.1 Å². The second-order valence-electron chi connectivity index (χ2n) is 5.16. The number of hydrogen-bond donors (Lipinski definition) is 1. The predicted octanol–water partition coefficient (Wildman–Crippen LogP) is 1.56. The minimum atomic E-state index is -3.13. The molecule has 0 bridgehead atoms. The van der Waals surface area contributed by atoms with Crippen LogP contribution in [0.4, 0.5) is 0 Å². The maximum absolute atomic E-state index is 12.2. The molecule has 0 fully saturated rings. The van der Waals surface area contributed by atoms with Crippen molar-refractivity contribution >= 4 is 15.7 Å². The lowest BCUT2D eigenvalue weighted by Gasteiger charge is -2.07. The van der Waals surface area contributed by atoms with Crippen LogP contribution in [0, 0.1) is 0 Å². The smallest absolute Gasteiger partial charge is 0.251 e. The van der Waals surface area contributed by atoms with Gasteiger partial charge in [-0.25, -0.2) is 13.4 Å². The number of carbonyl (C=O) groups is 1. The third-order valence-electron chi connectivity index (χ3n) is 3.08. The SMILES string of the molecule is COc1ccc(CNC(=O)c2cccc(CS(C)(=O)=O)c2)cn1. The molecule has 0 radical (unpaired) electrons. The molecule has 122 valence electrons. The van der Waals surface area contributed by atoms with Crippen LogP contribution in [0.5, 0.6) is 5.88 Å². The maximum Gasteiger partial charge on any atom is 0.251 e. The molecule has 6 nitrogen and oxygen atoms in total. The van der Waals surface area contributed by atoms with Gasteiger partial charge in [-0.15, -0.1) is 0 Å². The minimum absolute atomic E-state index is 0.0868. The van der Waals surface area contributed by atoms with Gasteiger partial charge in [-0.1, -0.05) is 18.2 Å². The van der Waals surface area contributed by atoms with Gasteiger partial charge in [0.1, 0.15) is 0 Å². The van der Waals surface area contributed by atoms with Gasteiger partial charge in [0.05, 0.1) is 12.9 Å². The zero-order valence-corrected chi connectivity index (χ0v) is 13.8. The van der Waals surface area contributed by atoms with Crippen molar-refractivity contribution in [2.24, 2.45) is 0 Å². The maximum atomic E-state index is 12.2. The van der Waals surface area contributed by atoms with Gasteiger partial charge >= 0.3 is 0 Å². The summed E-state index contributed by atoms with van der Waals surface area (Å²) >= 11 is 0. The van der Waals surface area contributed by atoms with Gasteiger partial charge in [0.25, 0.3) is 5.91 Å². The number of carbonyl (C=O) groups excluding carboxylic acids is 1. The number of nitrogens with zero attached hydrogens (tertiary/aromatic N) is 1. The lowest BCUT2D eigenvalue weighted by atomic mass is 10.1. The highest BCUT2D eigenvalue weighted by Gasteiger charge is 2.09. The lowest BCUT2D eigenvalue weighted by molar-refractivity contribution is 0.0950. The van der Waals surface area contributed by atoms with Gasteiger partial charge in [0.15, 0.2) is 9.84 Å². The molecule has 1 heterocycles. The molecule has 1 N–H and O–H groups in total. The van der Waals surface area contributed by atoms with E-state index >= 15 is 0 Å². The van der Waals surface area contributed by atoms with Crippen LogP contribution in [0.15, 0.2) is 42.6 Å². The van der Waals surface area contributed by atoms with Gasteiger partial charge in [0, 0.05) is 30.6 Å². The lowest BCUT2D eigenvalue weighted by Crippen LogP contribution is -2.23. The Labute approximate surface area is 135 Å². The second kappa shape index (κ2) is 7.23. The number of hydrogen-bond acceptors (Lipinski definition) is 5. The average Bonchev–Trinajstić information content (AvgIpc) is 2.51. The Balaban J connectivity index is 2.01. The molecule has 0 aliphatic heterocycles. The normalized spacial score (nSPS) is 11.0. The van der Waals surface area contributed by atoms with E-state index in [9.17, 15) is 13.2 Å². The second-order valence-corrected chi connectivity index (χ2v) is 7.30. The van der Waals surface area contributed by atoms with E-state index < -0.39 is 9.84 Å². The van der Waals surface area contributed by atoms with Crippen LogP contribution in [-0.4, -0.2) is 32.7 Å². The van der Waals surface area contributed by atoms with Crippen molar-refractivity contribution in [3.05, 3.63) is 59.3 Å². The van der Waals surface area contributed by atoms with Crippen LogP contribution >= 0.6 is 0 Å². The molecule has 0 aliphatic rings. The largest absolute Gasteiger partial charge is 0.481 e. The zero-order chi connectivity index (χ0) is 16.9. The molecule has 1 aromatic heterocycles. The molecule has 0 aliphatic carbocycles. The summed E-state index contributed by atoms with van der Waals surface area (Å²) in [5.41, 5.74) is 1.85. The molecule has 1 amide bonds. The number of ether oxygens (including phenoxy) is 1. The molecule has 0 saturated heterocycles. The summed E-state index contributed by atoms with van der Waals surface area (Å²) in [5, 5.41) is 2.77. The molecule has 0 spiro atoms. The monoisotopic (exact) mass is 334 g/mol. The number of amides is 1. The van der Waals surface area contributed by atoms with Crippen LogP contribution in [0.3, 0.4) is 0 Å². The van der Waals surface area contributed by atoms with Gasteiger partial charge in [0.2, 0.25) is 5.88 Å². The van der Waals surface area contributed by atoms with E-state index in [0.29, 0.717) is 23.6 Å². The van der Waals surface area contributed by atoms with Crippen molar-refractivity contribution in [3.8, 4) is 5.88 Å². The molecular weight excluding hydrogens is 316 g/mol. The first kappa shape index (κ1) is 17.0. The van der Waals surface area contributed by atoms with Gasteiger partial charge in [-0.2, -0.15) is 0 Å². The van der Waals surface area contributed by atoms with E-state index in [1.54, 1.807) is 36.5 Å². The molecular formula is C16H18N2O4S. The summed E-state index contributed by atoms with van der Waals surface area (Å²) in [4.78, 5) is 16.2. The Morgan fingerprint density at radius 2 is 2.00 bits per heavy atom. The zero-order valence-electron chi connectivity index (χ0n) is 12.9. The van der Waals surface area contributed by atoms with Crippen LogP contribution in [0.25, 0.3) is 0 Å². The minimum Gasteiger partial charge on any atom is -0.481 e. The first-order valence-corrected chi connectivity index (χ1v) is 8.97. The predicted molar refractivity (Wildman–Crippen MR) is 86.9 cm³/mol. The third-order valence-corrected chi connectivity index (χ3v) is 3.94. The molecule has 2 rings (SSSR count). The Morgan fingerprint density at radius 1 is 1.22 bits per heavy atom. The highest BCUT2D eigenvalue weighted by Crippen LogP contribution is 2.10. The van der Waals surface area contributed by atoms with E-state index in [2.05, 4.69) is 10.3 Å². The van der Waals surface area contributed by atoms with Crippen molar-refractivity contribution in [2.75, 3.05) is 13.4 Å². The number of aromatic nitrogens is 1. The van der Waals surface area contributed by atoms with Crippen molar-refractivity contribution in [1.82, 2.24) is 10.3 Å². The molecule has 2 aromatic rings. The summed E-state index contributed by atoms with van der Waals surface area (Å²) in [6, 6.07) is 10.1. The summed E-state index contributed by atoms with van der Waals surface area (Å²) in [6.07, 6.45) is 2.79. The van der Waals surface area contributed by atoms with E-state index in [1.165, 1.54) is 7.11 Å². The number of methoxy groups -OCH3 is 1. The summed E-state index contributed by atoms with van der Waals surface area (Å²) in [6.45, 7) is 0.326. The third kappa shape index (κ3) is 5.37. The van der Waals surface area contributed by atoms with Crippen LogP contribution in [0.2, 0.25) is 0 Å². The summed E-state index contributed by atoms with van der Waals surface area (Å²) in [7, 11) is -1.60. The molecule has 0 saturated carbocycles. The number of rotatable bonds is 6. The standard InChI is InChI=1S/C16H18N2O4S/c1-22-15-7-6-13(9-17-15)10-18-16(19)14-5-3-4-12(8-14)11-23(2,20)21/h3-9H,10-11H2,1-2H3,(H,18,19). The molecule has 1 aromatic carbocycles. The summed E-state index contributed by atoms with van der Waals surface area (Å²) in [5.74, 6) is 0.154. The van der Waals surface area contributed by atoms with Crippen molar-refractivity contribution in [3.63, 3.8) is 0 Å². The Hall–Kier alpha value is -2.41. The highest BCUT2D eigenvalue weighted by atomic mass is 32.2. The van der Waals surface area contributed by atoms with Gasteiger partial charge in [-0.05, 0) is 23.3 Å². The highest BCUT2D eigenvalue weighted by molar-refractivity contribution is 7.89. The topological polar surface area (TPSA) is 85.4 Å². The molecule has 0 atom stereocenters. The number of pyridine rings is 1.